The van der Waals surface area contributed by atoms with Gasteiger partial charge in [0, 0.05) is 50.0 Å². The smallest absolute Gasteiger partial charge is 0.260 e. The maximum absolute atomic E-state index is 12.6. The van der Waals surface area contributed by atoms with Gasteiger partial charge in [0.2, 0.25) is 10.0 Å². The van der Waals surface area contributed by atoms with Crippen LogP contribution in [0.4, 0.5) is 5.69 Å². The number of piperazine rings is 1. The number of rotatable bonds is 8. The van der Waals surface area contributed by atoms with E-state index in [2.05, 4.69) is 11.8 Å². The number of halogens is 1. The molecule has 1 saturated heterocycles. The molecule has 0 N–H and O–H groups in total. The molecule has 2 aromatic rings. The van der Waals surface area contributed by atoms with Gasteiger partial charge >= 0.3 is 0 Å². The average molecular weight is 480 g/mol. The highest BCUT2D eigenvalue weighted by Gasteiger charge is 2.23. The van der Waals surface area contributed by atoms with Crippen molar-refractivity contribution in [1.29, 1.82) is 0 Å². The Morgan fingerprint density at radius 1 is 1.03 bits per heavy atom. The summed E-state index contributed by atoms with van der Waals surface area (Å²) >= 11 is 6.14. The van der Waals surface area contributed by atoms with Crippen molar-refractivity contribution in [3.05, 3.63) is 53.1 Å². The number of anilines is 1. The van der Waals surface area contributed by atoms with E-state index in [-0.39, 0.29) is 17.4 Å². The Morgan fingerprint density at radius 3 is 2.25 bits per heavy atom. The summed E-state index contributed by atoms with van der Waals surface area (Å²) in [5, 5.41) is 0.702. The number of carbonyl (C=O) groups excluding carboxylic acids is 1. The van der Waals surface area contributed by atoms with E-state index in [0.29, 0.717) is 37.0 Å². The van der Waals surface area contributed by atoms with Crippen LogP contribution >= 0.6 is 11.6 Å². The zero-order chi connectivity index (χ0) is 23.3. The third-order valence-electron chi connectivity index (χ3n) is 5.67. The first-order valence-corrected chi connectivity index (χ1v) is 12.6. The molecule has 0 bridgehead atoms. The highest BCUT2D eigenvalue weighted by Crippen LogP contribution is 2.25. The summed E-state index contributed by atoms with van der Waals surface area (Å²) in [7, 11) is -3.51. The quantitative estimate of drug-likeness (QED) is 0.580. The molecule has 32 heavy (non-hydrogen) atoms. The highest BCUT2D eigenvalue weighted by atomic mass is 35.5. The lowest BCUT2D eigenvalue weighted by Crippen LogP contribution is -2.50. The minimum Gasteiger partial charge on any atom is -0.484 e. The monoisotopic (exact) mass is 479 g/mol. The molecular weight excluding hydrogens is 450 g/mol. The summed E-state index contributed by atoms with van der Waals surface area (Å²) in [6, 6.07) is 12.0. The van der Waals surface area contributed by atoms with Gasteiger partial charge < -0.3 is 14.5 Å². The van der Waals surface area contributed by atoms with Gasteiger partial charge in [0.1, 0.15) is 5.75 Å². The normalized spacial score (nSPS) is 14.7. The fourth-order valence-electron chi connectivity index (χ4n) is 3.78. The van der Waals surface area contributed by atoms with Crippen molar-refractivity contribution >= 4 is 33.2 Å². The summed E-state index contributed by atoms with van der Waals surface area (Å²) in [5.41, 5.74) is 2.25. The third-order valence-corrected chi connectivity index (χ3v) is 7.97. The zero-order valence-electron chi connectivity index (χ0n) is 18.8. The summed E-state index contributed by atoms with van der Waals surface area (Å²) in [6.07, 6.45) is 0. The van der Waals surface area contributed by atoms with E-state index in [1.807, 2.05) is 18.2 Å². The molecule has 174 valence electrons. The second kappa shape index (κ2) is 10.6. The van der Waals surface area contributed by atoms with E-state index in [1.54, 1.807) is 30.9 Å². The van der Waals surface area contributed by atoms with Crippen molar-refractivity contribution in [1.82, 2.24) is 9.21 Å². The van der Waals surface area contributed by atoms with Crippen molar-refractivity contribution in [2.75, 3.05) is 50.8 Å². The summed E-state index contributed by atoms with van der Waals surface area (Å²) in [6.45, 7) is 9.07. The van der Waals surface area contributed by atoms with Crippen LogP contribution in [0.15, 0.2) is 47.4 Å². The van der Waals surface area contributed by atoms with Gasteiger partial charge in [-0.1, -0.05) is 31.5 Å². The fraction of sp³-hybridized carbons (Fsp3) is 0.435. The molecule has 1 aliphatic heterocycles. The predicted molar refractivity (Wildman–Crippen MR) is 127 cm³/mol. The number of sulfonamides is 1. The Labute approximate surface area is 195 Å². The second-order valence-electron chi connectivity index (χ2n) is 7.65. The topological polar surface area (TPSA) is 70.2 Å². The van der Waals surface area contributed by atoms with E-state index in [0.717, 1.165) is 24.3 Å². The van der Waals surface area contributed by atoms with Crippen LogP contribution in [0, 0.1) is 6.92 Å². The van der Waals surface area contributed by atoms with Gasteiger partial charge in [-0.2, -0.15) is 4.31 Å². The number of ether oxygens (including phenoxy) is 1. The van der Waals surface area contributed by atoms with Crippen molar-refractivity contribution in [2.45, 2.75) is 25.7 Å². The Balaban J connectivity index is 1.53. The molecule has 9 heteroatoms. The second-order valence-corrected chi connectivity index (χ2v) is 10.0. The SMILES string of the molecule is CCN(CC)S(=O)(=O)c1ccc(OCC(=O)N2CCN(c3cc(Cl)ccc3C)CC2)cc1. The van der Waals surface area contributed by atoms with Gasteiger partial charge in [-0.25, -0.2) is 8.42 Å². The molecule has 0 unspecified atom stereocenters. The van der Waals surface area contributed by atoms with E-state index in [4.69, 9.17) is 16.3 Å². The predicted octanol–water partition coefficient (Wildman–Crippen LogP) is 3.41. The van der Waals surface area contributed by atoms with Gasteiger partial charge in [0.25, 0.3) is 5.91 Å². The van der Waals surface area contributed by atoms with Crippen LogP contribution in [-0.4, -0.2) is 69.4 Å². The van der Waals surface area contributed by atoms with Gasteiger partial charge in [-0.05, 0) is 48.9 Å². The Kier molecular flexibility index (Phi) is 8.03. The van der Waals surface area contributed by atoms with Crippen molar-refractivity contribution in [3.8, 4) is 5.75 Å². The highest BCUT2D eigenvalue weighted by molar-refractivity contribution is 7.89. The van der Waals surface area contributed by atoms with Gasteiger partial charge in [-0.3, -0.25) is 4.79 Å². The minimum absolute atomic E-state index is 0.0850. The molecular formula is C23H30ClN3O4S. The first-order valence-electron chi connectivity index (χ1n) is 10.8. The number of benzene rings is 2. The van der Waals surface area contributed by atoms with Crippen LogP contribution in [0.25, 0.3) is 0 Å². The van der Waals surface area contributed by atoms with Gasteiger partial charge in [0.15, 0.2) is 6.61 Å². The van der Waals surface area contributed by atoms with Crippen molar-refractivity contribution < 1.29 is 17.9 Å². The number of aryl methyl sites for hydroxylation is 1. The molecule has 2 aromatic carbocycles. The number of amides is 1. The first kappa shape index (κ1) is 24.4. The Bertz CT molecular complexity index is 1030. The lowest BCUT2D eigenvalue weighted by Gasteiger charge is -2.36. The van der Waals surface area contributed by atoms with Crippen molar-refractivity contribution in [3.63, 3.8) is 0 Å². The molecule has 1 amide bonds. The third kappa shape index (κ3) is 5.54. The molecule has 0 spiro atoms. The summed E-state index contributed by atoms with van der Waals surface area (Å²) in [4.78, 5) is 16.8. The zero-order valence-corrected chi connectivity index (χ0v) is 20.3. The van der Waals surface area contributed by atoms with E-state index < -0.39 is 10.0 Å². The molecule has 0 aromatic heterocycles. The van der Waals surface area contributed by atoms with Crippen LogP contribution in [0.3, 0.4) is 0 Å². The Morgan fingerprint density at radius 2 is 1.66 bits per heavy atom. The number of hydrogen-bond donors (Lipinski definition) is 0. The lowest BCUT2D eigenvalue weighted by molar-refractivity contribution is -0.133. The molecule has 1 fully saturated rings. The Hall–Kier alpha value is -2.29. The van der Waals surface area contributed by atoms with Gasteiger partial charge in [-0.15, -0.1) is 0 Å². The van der Waals surface area contributed by atoms with Crippen LogP contribution in [0.1, 0.15) is 19.4 Å². The molecule has 0 radical (unpaired) electrons. The maximum Gasteiger partial charge on any atom is 0.260 e. The minimum atomic E-state index is -3.51. The molecule has 7 nitrogen and oxygen atoms in total. The largest absolute Gasteiger partial charge is 0.484 e. The molecule has 3 rings (SSSR count). The van der Waals surface area contributed by atoms with E-state index in [1.165, 1.54) is 16.4 Å². The number of nitrogens with zero attached hydrogens (tertiary/aromatic N) is 3. The number of carbonyl (C=O) groups is 1. The molecule has 0 aliphatic carbocycles. The average Bonchev–Trinajstić information content (AvgIpc) is 2.80. The van der Waals surface area contributed by atoms with E-state index >= 15 is 0 Å². The standard InChI is InChI=1S/C23H30ClN3O4S/c1-4-27(5-2)32(29,30)21-10-8-20(9-11-21)31-17-23(28)26-14-12-25(13-15-26)22-16-19(24)7-6-18(22)3/h6-11,16H,4-5,12-15,17H2,1-3H3. The molecule has 1 heterocycles. The lowest BCUT2D eigenvalue weighted by atomic mass is 10.1. The van der Waals surface area contributed by atoms with Crippen LogP contribution in [0.2, 0.25) is 5.02 Å². The van der Waals surface area contributed by atoms with Crippen LogP contribution < -0.4 is 9.64 Å². The van der Waals surface area contributed by atoms with Crippen LogP contribution in [-0.2, 0) is 14.8 Å². The van der Waals surface area contributed by atoms with Crippen LogP contribution in [0.5, 0.6) is 5.75 Å². The van der Waals surface area contributed by atoms with E-state index in [9.17, 15) is 13.2 Å². The fourth-order valence-corrected chi connectivity index (χ4v) is 5.40. The first-order chi connectivity index (χ1) is 15.3. The summed E-state index contributed by atoms with van der Waals surface area (Å²) in [5.74, 6) is 0.373. The summed E-state index contributed by atoms with van der Waals surface area (Å²) < 4.78 is 32.1. The van der Waals surface area contributed by atoms with Gasteiger partial charge in [0.05, 0.1) is 4.90 Å². The van der Waals surface area contributed by atoms with Crippen molar-refractivity contribution in [2.24, 2.45) is 0 Å². The molecule has 0 saturated carbocycles. The molecule has 1 aliphatic rings. The maximum atomic E-state index is 12.6. The molecule has 0 atom stereocenters. The number of hydrogen-bond acceptors (Lipinski definition) is 5.